The van der Waals surface area contributed by atoms with Crippen molar-refractivity contribution in [2.45, 2.75) is 25.0 Å². The molecule has 4 heteroatoms. The maximum atomic E-state index is 13.9. The standard InChI is InChI=1S/C16H15F2NO/c17-12-6-7-14(15(16(12)18)11-8-13(11)19)20-9-10-4-2-1-3-5-10/h1-7,11,13H,8-9,19H2/t11-,13-/m0/s1. The lowest BCUT2D eigenvalue weighted by molar-refractivity contribution is 0.299. The highest BCUT2D eigenvalue weighted by Crippen LogP contribution is 2.45. The van der Waals surface area contributed by atoms with Crippen LogP contribution in [0.2, 0.25) is 0 Å². The molecule has 2 nitrogen and oxygen atoms in total. The molecular weight excluding hydrogens is 260 g/mol. The summed E-state index contributed by atoms with van der Waals surface area (Å²) in [6.07, 6.45) is 0.669. The van der Waals surface area contributed by atoms with Gasteiger partial charge in [-0.2, -0.15) is 0 Å². The van der Waals surface area contributed by atoms with Gasteiger partial charge in [-0.05, 0) is 24.1 Å². The molecule has 2 atom stereocenters. The minimum atomic E-state index is -0.855. The Labute approximate surface area is 116 Å². The zero-order valence-electron chi connectivity index (χ0n) is 10.9. The van der Waals surface area contributed by atoms with Gasteiger partial charge in [0.1, 0.15) is 12.4 Å². The summed E-state index contributed by atoms with van der Waals surface area (Å²) in [4.78, 5) is 0. The third kappa shape index (κ3) is 2.51. The van der Waals surface area contributed by atoms with E-state index in [0.717, 1.165) is 11.6 Å². The van der Waals surface area contributed by atoms with Crippen LogP contribution in [0.5, 0.6) is 5.75 Å². The highest BCUT2D eigenvalue weighted by atomic mass is 19.2. The third-order valence-electron chi connectivity index (χ3n) is 3.54. The zero-order valence-corrected chi connectivity index (χ0v) is 10.9. The predicted octanol–water partition coefficient (Wildman–Crippen LogP) is 3.36. The second-order valence-electron chi connectivity index (χ2n) is 5.05. The minimum Gasteiger partial charge on any atom is -0.489 e. The molecule has 2 N–H and O–H groups in total. The van der Waals surface area contributed by atoms with E-state index >= 15 is 0 Å². The van der Waals surface area contributed by atoms with Gasteiger partial charge in [-0.15, -0.1) is 0 Å². The molecule has 0 heterocycles. The average molecular weight is 275 g/mol. The molecule has 2 aromatic rings. The fraction of sp³-hybridized carbons (Fsp3) is 0.250. The number of hydrogen-bond acceptors (Lipinski definition) is 2. The van der Waals surface area contributed by atoms with Crippen LogP contribution in [-0.4, -0.2) is 6.04 Å². The molecule has 0 unspecified atom stereocenters. The van der Waals surface area contributed by atoms with Crippen molar-refractivity contribution in [1.29, 1.82) is 0 Å². The first kappa shape index (κ1) is 13.1. The van der Waals surface area contributed by atoms with E-state index in [4.69, 9.17) is 10.5 Å². The largest absolute Gasteiger partial charge is 0.489 e. The molecule has 0 saturated heterocycles. The van der Waals surface area contributed by atoms with E-state index < -0.39 is 11.6 Å². The number of ether oxygens (including phenoxy) is 1. The Morgan fingerprint density at radius 3 is 2.45 bits per heavy atom. The number of halogens is 2. The number of rotatable bonds is 4. The Morgan fingerprint density at radius 1 is 1.10 bits per heavy atom. The van der Waals surface area contributed by atoms with Crippen LogP contribution in [0.25, 0.3) is 0 Å². The van der Waals surface area contributed by atoms with Crippen molar-refractivity contribution in [3.05, 3.63) is 65.2 Å². The maximum Gasteiger partial charge on any atom is 0.166 e. The van der Waals surface area contributed by atoms with Crippen LogP contribution in [0.4, 0.5) is 8.78 Å². The van der Waals surface area contributed by atoms with Gasteiger partial charge in [0.15, 0.2) is 11.6 Å². The van der Waals surface area contributed by atoms with Crippen LogP contribution in [0, 0.1) is 11.6 Å². The van der Waals surface area contributed by atoms with Crippen LogP contribution in [0.15, 0.2) is 42.5 Å². The first-order chi connectivity index (χ1) is 9.66. The van der Waals surface area contributed by atoms with Crippen molar-refractivity contribution >= 4 is 0 Å². The average Bonchev–Trinajstić information content (AvgIpc) is 3.18. The van der Waals surface area contributed by atoms with Crippen LogP contribution in [0.3, 0.4) is 0 Å². The summed E-state index contributed by atoms with van der Waals surface area (Å²) in [5.74, 6) is -1.46. The van der Waals surface area contributed by atoms with Crippen molar-refractivity contribution in [3.63, 3.8) is 0 Å². The molecule has 2 aromatic carbocycles. The van der Waals surface area contributed by atoms with Gasteiger partial charge in [-0.25, -0.2) is 8.78 Å². The number of hydrogen-bond donors (Lipinski definition) is 1. The molecule has 0 aromatic heterocycles. The molecule has 0 bridgehead atoms. The van der Waals surface area contributed by atoms with Crippen molar-refractivity contribution in [2.75, 3.05) is 0 Å². The van der Waals surface area contributed by atoms with E-state index in [2.05, 4.69) is 0 Å². The van der Waals surface area contributed by atoms with Crippen molar-refractivity contribution in [3.8, 4) is 5.75 Å². The molecule has 1 aliphatic carbocycles. The minimum absolute atomic E-state index is 0.106. The smallest absolute Gasteiger partial charge is 0.166 e. The molecule has 0 spiro atoms. The normalized spacial score (nSPS) is 20.8. The highest BCUT2D eigenvalue weighted by Gasteiger charge is 2.40. The number of benzene rings is 2. The molecular formula is C16H15F2NO. The zero-order chi connectivity index (χ0) is 14.1. The lowest BCUT2D eigenvalue weighted by atomic mass is 10.1. The van der Waals surface area contributed by atoms with E-state index in [0.29, 0.717) is 18.8 Å². The van der Waals surface area contributed by atoms with Crippen LogP contribution in [0.1, 0.15) is 23.5 Å². The van der Waals surface area contributed by atoms with E-state index in [9.17, 15) is 8.78 Å². The summed E-state index contributed by atoms with van der Waals surface area (Å²) in [6, 6.07) is 12.0. The molecule has 3 rings (SSSR count). The summed E-state index contributed by atoms with van der Waals surface area (Å²) >= 11 is 0. The van der Waals surface area contributed by atoms with E-state index in [1.807, 2.05) is 30.3 Å². The molecule has 104 valence electrons. The Hall–Kier alpha value is -1.94. The first-order valence-electron chi connectivity index (χ1n) is 6.57. The van der Waals surface area contributed by atoms with Gasteiger partial charge in [0.25, 0.3) is 0 Å². The Balaban J connectivity index is 1.84. The monoisotopic (exact) mass is 275 g/mol. The van der Waals surface area contributed by atoms with Gasteiger partial charge >= 0.3 is 0 Å². The fourth-order valence-corrected chi connectivity index (χ4v) is 2.30. The summed E-state index contributed by atoms with van der Waals surface area (Å²) < 4.78 is 33.0. The molecule has 1 aliphatic rings. The molecule has 20 heavy (non-hydrogen) atoms. The second kappa shape index (κ2) is 5.21. The van der Waals surface area contributed by atoms with E-state index in [-0.39, 0.29) is 17.5 Å². The number of nitrogens with two attached hydrogens (primary N) is 1. The quantitative estimate of drug-likeness (QED) is 0.928. The van der Waals surface area contributed by atoms with Crippen LogP contribution in [-0.2, 0) is 6.61 Å². The second-order valence-corrected chi connectivity index (χ2v) is 5.05. The van der Waals surface area contributed by atoms with Crippen molar-refractivity contribution in [1.82, 2.24) is 0 Å². The third-order valence-corrected chi connectivity index (χ3v) is 3.54. The van der Waals surface area contributed by atoms with Gasteiger partial charge in [-0.3, -0.25) is 0 Å². The van der Waals surface area contributed by atoms with Crippen LogP contribution < -0.4 is 10.5 Å². The lowest BCUT2D eigenvalue weighted by Crippen LogP contribution is -2.06. The van der Waals surface area contributed by atoms with Gasteiger partial charge in [0.05, 0.1) is 0 Å². The summed E-state index contributed by atoms with van der Waals surface area (Å²) in [5, 5.41) is 0. The lowest BCUT2D eigenvalue weighted by Gasteiger charge is -2.12. The van der Waals surface area contributed by atoms with Crippen molar-refractivity contribution in [2.24, 2.45) is 5.73 Å². The van der Waals surface area contributed by atoms with Gasteiger partial charge in [0.2, 0.25) is 0 Å². The summed E-state index contributed by atoms with van der Waals surface area (Å²) in [6.45, 7) is 0.320. The topological polar surface area (TPSA) is 35.2 Å². The van der Waals surface area contributed by atoms with Crippen LogP contribution >= 0.6 is 0 Å². The highest BCUT2D eigenvalue weighted by molar-refractivity contribution is 5.42. The van der Waals surface area contributed by atoms with E-state index in [1.165, 1.54) is 6.07 Å². The summed E-state index contributed by atoms with van der Waals surface area (Å²) in [7, 11) is 0. The first-order valence-corrected chi connectivity index (χ1v) is 6.57. The fourth-order valence-electron chi connectivity index (χ4n) is 2.30. The Morgan fingerprint density at radius 2 is 1.80 bits per heavy atom. The molecule has 1 fully saturated rings. The predicted molar refractivity (Wildman–Crippen MR) is 72.5 cm³/mol. The molecule has 0 radical (unpaired) electrons. The van der Waals surface area contributed by atoms with Gasteiger partial charge < -0.3 is 10.5 Å². The Kier molecular flexibility index (Phi) is 3.40. The van der Waals surface area contributed by atoms with E-state index in [1.54, 1.807) is 0 Å². The van der Waals surface area contributed by atoms with Gasteiger partial charge in [0, 0.05) is 17.5 Å². The van der Waals surface area contributed by atoms with Crippen molar-refractivity contribution < 1.29 is 13.5 Å². The van der Waals surface area contributed by atoms with Gasteiger partial charge in [-0.1, -0.05) is 30.3 Å². The Bertz CT molecular complexity index is 615. The maximum absolute atomic E-state index is 13.9. The molecule has 0 amide bonds. The SMILES string of the molecule is N[C@H]1C[C@@H]1c1c(OCc2ccccc2)ccc(F)c1F. The summed E-state index contributed by atoms with van der Waals surface area (Å²) in [5.41, 5.74) is 7.00. The molecule has 1 saturated carbocycles. The molecule has 0 aliphatic heterocycles.